The number of hydrogen-bond donors (Lipinski definition) is 1. The largest absolute Gasteiger partial charge is 0.493 e. The summed E-state index contributed by atoms with van der Waals surface area (Å²) in [6.45, 7) is 0.214. The molecule has 0 aliphatic heterocycles. The summed E-state index contributed by atoms with van der Waals surface area (Å²) in [5.41, 5.74) is 0.460. The summed E-state index contributed by atoms with van der Waals surface area (Å²) in [4.78, 5) is 4.44. The maximum atomic E-state index is 12.7. The molecule has 0 fully saturated rings. The number of methoxy groups -OCH3 is 2. The van der Waals surface area contributed by atoms with Crippen LogP contribution in [0.15, 0.2) is 12.1 Å². The Morgan fingerprint density at radius 1 is 1.24 bits per heavy atom. The van der Waals surface area contributed by atoms with Crippen LogP contribution in [0.1, 0.15) is 17.6 Å². The van der Waals surface area contributed by atoms with Crippen molar-refractivity contribution in [3.05, 3.63) is 23.3 Å². The minimum Gasteiger partial charge on any atom is -0.493 e. The zero-order valence-corrected chi connectivity index (χ0v) is 9.70. The van der Waals surface area contributed by atoms with E-state index in [2.05, 4.69) is 4.84 Å². The molecule has 1 aromatic carbocycles. The summed E-state index contributed by atoms with van der Waals surface area (Å²) in [7, 11) is 2.85. The number of ether oxygens (including phenoxy) is 2. The molecule has 0 radical (unpaired) electrons. The van der Waals surface area contributed by atoms with Gasteiger partial charge in [0, 0.05) is 17.5 Å². The highest BCUT2D eigenvalue weighted by Gasteiger charge is 2.16. The minimum absolute atomic E-state index is 0.116. The second-order valence-electron chi connectivity index (χ2n) is 3.34. The zero-order chi connectivity index (χ0) is 12.8. The summed E-state index contributed by atoms with van der Waals surface area (Å²) < 4.78 is 35.5. The van der Waals surface area contributed by atoms with Gasteiger partial charge in [-0.3, -0.25) is 0 Å². The van der Waals surface area contributed by atoms with E-state index in [0.29, 0.717) is 17.7 Å². The van der Waals surface area contributed by atoms with Crippen molar-refractivity contribution >= 4 is 0 Å². The molecule has 0 amide bonds. The molecule has 0 spiro atoms. The zero-order valence-electron chi connectivity index (χ0n) is 9.70. The minimum atomic E-state index is -2.56. The molecule has 0 aliphatic rings. The first-order chi connectivity index (χ1) is 8.13. The van der Waals surface area contributed by atoms with Crippen LogP contribution in [0, 0.1) is 0 Å². The Balaban J connectivity index is 3.17. The molecular formula is C11H15F2NO3. The Morgan fingerprint density at radius 2 is 1.94 bits per heavy atom. The number of hydrogen-bond acceptors (Lipinski definition) is 4. The van der Waals surface area contributed by atoms with Gasteiger partial charge in [0.05, 0.1) is 20.8 Å². The molecule has 0 atom stereocenters. The monoisotopic (exact) mass is 247 g/mol. The average Bonchev–Trinajstić information content (AvgIpc) is 2.34. The van der Waals surface area contributed by atoms with E-state index in [-0.39, 0.29) is 17.9 Å². The van der Waals surface area contributed by atoms with Crippen LogP contribution in [0.4, 0.5) is 8.78 Å². The predicted molar refractivity (Wildman–Crippen MR) is 58.3 cm³/mol. The smallest absolute Gasteiger partial charge is 0.263 e. The molecule has 0 unspecified atom stereocenters. The molecule has 96 valence electrons. The summed E-state index contributed by atoms with van der Waals surface area (Å²) in [5, 5.41) is 0. The van der Waals surface area contributed by atoms with Crippen LogP contribution in [-0.2, 0) is 11.3 Å². The van der Waals surface area contributed by atoms with E-state index in [1.807, 2.05) is 0 Å². The fraction of sp³-hybridized carbons (Fsp3) is 0.455. The van der Waals surface area contributed by atoms with Crippen molar-refractivity contribution in [2.24, 2.45) is 5.90 Å². The molecule has 0 saturated carbocycles. The van der Waals surface area contributed by atoms with Crippen LogP contribution in [-0.4, -0.2) is 20.8 Å². The lowest BCUT2D eigenvalue weighted by Gasteiger charge is -2.14. The molecule has 2 N–H and O–H groups in total. The molecule has 4 nitrogen and oxygen atoms in total. The fourth-order valence-corrected chi connectivity index (χ4v) is 1.55. The van der Waals surface area contributed by atoms with Crippen LogP contribution < -0.4 is 15.4 Å². The predicted octanol–water partition coefficient (Wildman–Crippen LogP) is 2.07. The topological polar surface area (TPSA) is 53.7 Å². The summed E-state index contributed by atoms with van der Waals surface area (Å²) in [5.74, 6) is 5.62. The second kappa shape index (κ2) is 6.36. The van der Waals surface area contributed by atoms with Gasteiger partial charge < -0.3 is 14.3 Å². The first kappa shape index (κ1) is 13.7. The number of nitrogens with two attached hydrogens (primary N) is 1. The molecule has 17 heavy (non-hydrogen) atoms. The molecule has 0 bridgehead atoms. The second-order valence-corrected chi connectivity index (χ2v) is 3.34. The lowest BCUT2D eigenvalue weighted by molar-refractivity contribution is 0.139. The van der Waals surface area contributed by atoms with Crippen molar-refractivity contribution in [2.45, 2.75) is 12.8 Å². The van der Waals surface area contributed by atoms with Gasteiger partial charge in [-0.15, -0.1) is 0 Å². The van der Waals surface area contributed by atoms with Crippen molar-refractivity contribution < 1.29 is 23.1 Å². The standard InChI is InChI=1S/C11H15F2NO3/c1-15-9-6-8(11(12)13)5-7(3-4-17-14)10(9)16-2/h5-6,11H,3-4,14H2,1-2H3. The highest BCUT2D eigenvalue weighted by atomic mass is 19.3. The first-order valence-corrected chi connectivity index (χ1v) is 4.98. The lowest BCUT2D eigenvalue weighted by atomic mass is 10.1. The van der Waals surface area contributed by atoms with Gasteiger partial charge in [-0.2, -0.15) is 0 Å². The highest BCUT2D eigenvalue weighted by Crippen LogP contribution is 2.35. The van der Waals surface area contributed by atoms with Crippen LogP contribution >= 0.6 is 0 Å². The molecule has 6 heteroatoms. The molecule has 0 aromatic heterocycles. The number of benzene rings is 1. The van der Waals surface area contributed by atoms with Crippen LogP contribution in [0.25, 0.3) is 0 Å². The Hall–Kier alpha value is -1.40. The van der Waals surface area contributed by atoms with Crippen LogP contribution in [0.5, 0.6) is 11.5 Å². The molecular weight excluding hydrogens is 232 g/mol. The van der Waals surface area contributed by atoms with Crippen molar-refractivity contribution in [2.75, 3.05) is 20.8 Å². The van der Waals surface area contributed by atoms with Crippen LogP contribution in [0.2, 0.25) is 0 Å². The first-order valence-electron chi connectivity index (χ1n) is 4.98. The quantitative estimate of drug-likeness (QED) is 0.782. The van der Waals surface area contributed by atoms with E-state index in [1.54, 1.807) is 0 Å². The van der Waals surface area contributed by atoms with Crippen molar-refractivity contribution in [3.63, 3.8) is 0 Å². The van der Waals surface area contributed by atoms with E-state index in [4.69, 9.17) is 15.4 Å². The van der Waals surface area contributed by atoms with E-state index < -0.39 is 6.43 Å². The van der Waals surface area contributed by atoms with Gasteiger partial charge in [0.2, 0.25) is 0 Å². The third kappa shape index (κ3) is 3.28. The summed E-state index contributed by atoms with van der Waals surface area (Å²) in [6.07, 6.45) is -2.19. The van der Waals surface area contributed by atoms with Crippen molar-refractivity contribution in [3.8, 4) is 11.5 Å². The number of halogens is 2. The Morgan fingerprint density at radius 3 is 2.41 bits per heavy atom. The van der Waals surface area contributed by atoms with E-state index >= 15 is 0 Å². The normalized spacial score (nSPS) is 10.7. The fourth-order valence-electron chi connectivity index (χ4n) is 1.55. The molecule has 0 aliphatic carbocycles. The highest BCUT2D eigenvalue weighted by molar-refractivity contribution is 5.50. The van der Waals surface area contributed by atoms with E-state index in [1.165, 1.54) is 26.4 Å². The Labute approximate surface area is 98.2 Å². The summed E-state index contributed by atoms with van der Waals surface area (Å²) in [6, 6.07) is 2.63. The summed E-state index contributed by atoms with van der Waals surface area (Å²) >= 11 is 0. The number of alkyl halides is 2. The van der Waals surface area contributed by atoms with Gasteiger partial charge in [0.15, 0.2) is 11.5 Å². The molecule has 1 aromatic rings. The Kier molecular flexibility index (Phi) is 5.11. The van der Waals surface area contributed by atoms with Gasteiger partial charge in [-0.1, -0.05) is 0 Å². The van der Waals surface area contributed by atoms with Gasteiger partial charge in [0.25, 0.3) is 6.43 Å². The van der Waals surface area contributed by atoms with E-state index in [0.717, 1.165) is 0 Å². The average molecular weight is 247 g/mol. The van der Waals surface area contributed by atoms with Gasteiger partial charge in [0.1, 0.15) is 0 Å². The van der Waals surface area contributed by atoms with Crippen molar-refractivity contribution in [1.82, 2.24) is 0 Å². The van der Waals surface area contributed by atoms with Crippen LogP contribution in [0.3, 0.4) is 0 Å². The van der Waals surface area contributed by atoms with Gasteiger partial charge in [-0.05, 0) is 12.1 Å². The van der Waals surface area contributed by atoms with Gasteiger partial charge in [-0.25, -0.2) is 14.7 Å². The molecule has 0 heterocycles. The number of rotatable bonds is 6. The van der Waals surface area contributed by atoms with Gasteiger partial charge >= 0.3 is 0 Å². The van der Waals surface area contributed by atoms with E-state index in [9.17, 15) is 8.78 Å². The third-order valence-electron chi connectivity index (χ3n) is 2.32. The van der Waals surface area contributed by atoms with Crippen molar-refractivity contribution in [1.29, 1.82) is 0 Å². The third-order valence-corrected chi connectivity index (χ3v) is 2.32. The maximum Gasteiger partial charge on any atom is 0.263 e. The Bertz CT molecular complexity index is 372. The lowest BCUT2D eigenvalue weighted by Crippen LogP contribution is -2.06. The SMILES string of the molecule is COc1cc(C(F)F)cc(CCON)c1OC. The molecule has 0 saturated heterocycles. The molecule has 1 rings (SSSR count). The maximum absolute atomic E-state index is 12.7.